The highest BCUT2D eigenvalue weighted by atomic mass is 19.2. The van der Waals surface area contributed by atoms with Crippen molar-refractivity contribution in [3.63, 3.8) is 0 Å². The summed E-state index contributed by atoms with van der Waals surface area (Å²) in [5, 5.41) is 3.25. The van der Waals surface area contributed by atoms with Gasteiger partial charge in [-0.1, -0.05) is 37.6 Å². The smallest absolute Gasteiger partial charge is 0.161 e. The molecular formula is C17H18F3N. The van der Waals surface area contributed by atoms with Gasteiger partial charge in [-0.2, -0.15) is 0 Å². The standard InChI is InChI=1S/C17H18F3N/c1-10(2)21-9-12-5-4-11(3)6-13(12)14-7-16(19)17(20)8-15(14)18/h4-8,10,21H,9H2,1-3H3. The van der Waals surface area contributed by atoms with E-state index in [0.717, 1.165) is 17.2 Å². The number of hydrogen-bond donors (Lipinski definition) is 1. The lowest BCUT2D eigenvalue weighted by atomic mass is 9.96. The Labute approximate surface area is 122 Å². The van der Waals surface area contributed by atoms with Crippen molar-refractivity contribution in [2.45, 2.75) is 33.4 Å². The monoisotopic (exact) mass is 293 g/mol. The fraction of sp³-hybridized carbons (Fsp3) is 0.294. The molecule has 0 spiro atoms. The number of halogens is 3. The van der Waals surface area contributed by atoms with Crippen LogP contribution in [0.5, 0.6) is 0 Å². The molecule has 0 aliphatic heterocycles. The zero-order valence-electron chi connectivity index (χ0n) is 12.3. The van der Waals surface area contributed by atoms with E-state index >= 15 is 0 Å². The first kappa shape index (κ1) is 15.6. The quantitative estimate of drug-likeness (QED) is 0.814. The lowest BCUT2D eigenvalue weighted by Crippen LogP contribution is -2.22. The van der Waals surface area contributed by atoms with E-state index in [2.05, 4.69) is 5.32 Å². The predicted molar refractivity (Wildman–Crippen MR) is 78.5 cm³/mol. The van der Waals surface area contributed by atoms with Gasteiger partial charge in [0.2, 0.25) is 0 Å². The predicted octanol–water partition coefficient (Wildman–Crippen LogP) is 4.58. The highest BCUT2D eigenvalue weighted by Crippen LogP contribution is 2.29. The van der Waals surface area contributed by atoms with Crippen molar-refractivity contribution in [1.82, 2.24) is 5.32 Å². The van der Waals surface area contributed by atoms with Crippen LogP contribution in [0.2, 0.25) is 0 Å². The van der Waals surface area contributed by atoms with Crippen molar-refractivity contribution in [3.05, 3.63) is 58.9 Å². The molecule has 0 atom stereocenters. The first-order chi connectivity index (χ1) is 9.88. The zero-order valence-corrected chi connectivity index (χ0v) is 12.3. The summed E-state index contributed by atoms with van der Waals surface area (Å²) in [5.41, 5.74) is 2.44. The van der Waals surface area contributed by atoms with Gasteiger partial charge in [-0.05, 0) is 24.1 Å². The highest BCUT2D eigenvalue weighted by Gasteiger charge is 2.14. The number of aryl methyl sites for hydroxylation is 1. The van der Waals surface area contributed by atoms with Crippen molar-refractivity contribution < 1.29 is 13.2 Å². The Morgan fingerprint density at radius 1 is 0.905 bits per heavy atom. The Hall–Kier alpha value is -1.81. The van der Waals surface area contributed by atoms with Crippen molar-refractivity contribution in [3.8, 4) is 11.1 Å². The lowest BCUT2D eigenvalue weighted by Gasteiger charge is -2.14. The van der Waals surface area contributed by atoms with Crippen molar-refractivity contribution in [2.75, 3.05) is 0 Å². The van der Waals surface area contributed by atoms with E-state index in [1.807, 2.05) is 32.9 Å². The average molecular weight is 293 g/mol. The summed E-state index contributed by atoms with van der Waals surface area (Å²) in [6, 6.07) is 7.35. The van der Waals surface area contributed by atoms with Crippen molar-refractivity contribution in [2.24, 2.45) is 0 Å². The van der Waals surface area contributed by atoms with Gasteiger partial charge in [0.1, 0.15) is 5.82 Å². The van der Waals surface area contributed by atoms with Crippen LogP contribution in [0, 0.1) is 24.4 Å². The molecule has 0 heterocycles. The molecule has 1 nitrogen and oxygen atoms in total. The first-order valence-electron chi connectivity index (χ1n) is 6.86. The van der Waals surface area contributed by atoms with Gasteiger partial charge in [-0.25, -0.2) is 13.2 Å². The normalized spacial score (nSPS) is 11.2. The molecule has 0 bridgehead atoms. The topological polar surface area (TPSA) is 12.0 Å². The second-order valence-corrected chi connectivity index (χ2v) is 5.44. The Morgan fingerprint density at radius 3 is 2.24 bits per heavy atom. The first-order valence-corrected chi connectivity index (χ1v) is 6.86. The van der Waals surface area contributed by atoms with E-state index in [0.29, 0.717) is 18.2 Å². The molecule has 2 rings (SSSR count). The van der Waals surface area contributed by atoms with Gasteiger partial charge in [0.25, 0.3) is 0 Å². The average Bonchev–Trinajstić information content (AvgIpc) is 2.41. The molecule has 2 aromatic rings. The lowest BCUT2D eigenvalue weighted by molar-refractivity contribution is 0.496. The van der Waals surface area contributed by atoms with Gasteiger partial charge in [0.15, 0.2) is 11.6 Å². The molecule has 0 amide bonds. The zero-order chi connectivity index (χ0) is 15.6. The molecule has 0 fully saturated rings. The number of nitrogens with one attached hydrogen (secondary N) is 1. The Balaban J connectivity index is 2.51. The summed E-state index contributed by atoms with van der Waals surface area (Å²) < 4.78 is 40.5. The van der Waals surface area contributed by atoms with Crippen LogP contribution in [-0.2, 0) is 6.54 Å². The van der Waals surface area contributed by atoms with E-state index in [9.17, 15) is 13.2 Å². The molecular weight excluding hydrogens is 275 g/mol. The fourth-order valence-corrected chi connectivity index (χ4v) is 2.14. The maximum Gasteiger partial charge on any atom is 0.161 e. The summed E-state index contributed by atoms with van der Waals surface area (Å²) in [7, 11) is 0. The molecule has 1 N–H and O–H groups in total. The Morgan fingerprint density at radius 2 is 1.57 bits per heavy atom. The van der Waals surface area contributed by atoms with Crippen LogP contribution in [0.25, 0.3) is 11.1 Å². The summed E-state index contributed by atoms with van der Waals surface area (Å²) >= 11 is 0. The van der Waals surface area contributed by atoms with Crippen LogP contribution in [-0.4, -0.2) is 6.04 Å². The SMILES string of the molecule is Cc1ccc(CNC(C)C)c(-c2cc(F)c(F)cc2F)c1. The van der Waals surface area contributed by atoms with Crippen molar-refractivity contribution >= 4 is 0 Å². The van der Waals surface area contributed by atoms with Gasteiger partial charge >= 0.3 is 0 Å². The summed E-state index contributed by atoms with van der Waals surface area (Å²) in [4.78, 5) is 0. The van der Waals surface area contributed by atoms with Crippen LogP contribution >= 0.6 is 0 Å². The highest BCUT2D eigenvalue weighted by molar-refractivity contribution is 5.69. The van der Waals surface area contributed by atoms with Gasteiger partial charge in [-0.3, -0.25) is 0 Å². The molecule has 0 aromatic heterocycles. The van der Waals surface area contributed by atoms with E-state index in [4.69, 9.17) is 0 Å². The van der Waals surface area contributed by atoms with Crippen LogP contribution < -0.4 is 5.32 Å². The molecule has 4 heteroatoms. The van der Waals surface area contributed by atoms with E-state index in [-0.39, 0.29) is 11.6 Å². The second-order valence-electron chi connectivity index (χ2n) is 5.44. The van der Waals surface area contributed by atoms with E-state index in [1.54, 1.807) is 6.07 Å². The maximum absolute atomic E-state index is 14.0. The van der Waals surface area contributed by atoms with Crippen LogP contribution in [0.3, 0.4) is 0 Å². The van der Waals surface area contributed by atoms with Crippen LogP contribution in [0.4, 0.5) is 13.2 Å². The second kappa shape index (κ2) is 6.31. The molecule has 0 unspecified atom stereocenters. The molecule has 112 valence electrons. The molecule has 0 saturated heterocycles. The minimum Gasteiger partial charge on any atom is -0.310 e. The third-order valence-corrected chi connectivity index (χ3v) is 3.27. The molecule has 21 heavy (non-hydrogen) atoms. The molecule has 0 aliphatic rings. The van der Waals surface area contributed by atoms with Crippen LogP contribution in [0.15, 0.2) is 30.3 Å². The number of benzene rings is 2. The number of hydrogen-bond acceptors (Lipinski definition) is 1. The Bertz CT molecular complexity index is 651. The van der Waals surface area contributed by atoms with Crippen LogP contribution in [0.1, 0.15) is 25.0 Å². The fourth-order valence-electron chi connectivity index (χ4n) is 2.14. The van der Waals surface area contributed by atoms with E-state index in [1.165, 1.54) is 0 Å². The third-order valence-electron chi connectivity index (χ3n) is 3.27. The van der Waals surface area contributed by atoms with Gasteiger partial charge in [0, 0.05) is 24.2 Å². The summed E-state index contributed by atoms with van der Waals surface area (Å²) in [6.45, 7) is 6.42. The minimum absolute atomic E-state index is 0.0816. The maximum atomic E-state index is 14.0. The molecule has 0 aliphatic carbocycles. The molecule has 2 aromatic carbocycles. The number of rotatable bonds is 4. The van der Waals surface area contributed by atoms with E-state index < -0.39 is 17.5 Å². The Kier molecular flexibility index (Phi) is 4.68. The summed E-state index contributed by atoms with van der Waals surface area (Å²) in [5.74, 6) is -2.98. The molecule has 0 saturated carbocycles. The van der Waals surface area contributed by atoms with Gasteiger partial charge in [-0.15, -0.1) is 0 Å². The van der Waals surface area contributed by atoms with Gasteiger partial charge < -0.3 is 5.32 Å². The minimum atomic E-state index is -1.18. The molecule has 0 radical (unpaired) electrons. The van der Waals surface area contributed by atoms with Crippen molar-refractivity contribution in [1.29, 1.82) is 0 Å². The van der Waals surface area contributed by atoms with Gasteiger partial charge in [0.05, 0.1) is 0 Å². The largest absolute Gasteiger partial charge is 0.310 e. The third kappa shape index (κ3) is 3.64. The summed E-state index contributed by atoms with van der Waals surface area (Å²) in [6.07, 6.45) is 0.